The average Bonchev–Trinajstić information content (AvgIpc) is 2.63. The molecule has 1 aliphatic heterocycles. The number of amides is 1. The molecule has 1 unspecified atom stereocenters. The summed E-state index contributed by atoms with van der Waals surface area (Å²) >= 11 is 0. The molecule has 2 aliphatic rings. The van der Waals surface area contributed by atoms with Crippen molar-refractivity contribution < 1.29 is 4.79 Å². The first-order valence-corrected chi connectivity index (χ1v) is 9.22. The van der Waals surface area contributed by atoms with Crippen LogP contribution in [0.25, 0.3) is 0 Å². The summed E-state index contributed by atoms with van der Waals surface area (Å²) < 4.78 is 0. The van der Waals surface area contributed by atoms with Gasteiger partial charge in [-0.3, -0.25) is 4.79 Å². The lowest BCUT2D eigenvalue weighted by Gasteiger charge is -2.37. The molecule has 1 aliphatic carbocycles. The molecule has 0 radical (unpaired) electrons. The van der Waals surface area contributed by atoms with E-state index in [4.69, 9.17) is 5.73 Å². The first kappa shape index (κ1) is 17.1. The van der Waals surface area contributed by atoms with Crippen molar-refractivity contribution in [3.63, 3.8) is 0 Å². The number of nitrogens with two attached hydrogens (primary N) is 1. The number of carbonyl (C=O) groups is 1. The summed E-state index contributed by atoms with van der Waals surface area (Å²) in [4.78, 5) is 23.4. The van der Waals surface area contributed by atoms with Gasteiger partial charge in [0.25, 0.3) is 0 Å². The summed E-state index contributed by atoms with van der Waals surface area (Å²) in [6.45, 7) is 2.35. The molecule has 6 nitrogen and oxygen atoms in total. The predicted molar refractivity (Wildman–Crippen MR) is 94.6 cm³/mol. The van der Waals surface area contributed by atoms with Crippen LogP contribution in [0.2, 0.25) is 0 Å². The quantitative estimate of drug-likeness (QED) is 0.860. The molecular formula is C18H29N5O. The van der Waals surface area contributed by atoms with Crippen LogP contribution in [0.15, 0.2) is 18.5 Å². The van der Waals surface area contributed by atoms with Crippen LogP contribution < -0.4 is 16.0 Å². The average molecular weight is 331 g/mol. The Balaban J connectivity index is 1.54. The highest BCUT2D eigenvalue weighted by molar-refractivity contribution is 5.77. The van der Waals surface area contributed by atoms with E-state index in [0.717, 1.165) is 44.7 Å². The Labute approximate surface area is 144 Å². The van der Waals surface area contributed by atoms with Crippen molar-refractivity contribution in [1.29, 1.82) is 0 Å². The highest BCUT2D eigenvalue weighted by Gasteiger charge is 2.34. The summed E-state index contributed by atoms with van der Waals surface area (Å²) in [6.07, 6.45) is 12.0. The van der Waals surface area contributed by atoms with E-state index in [1.54, 1.807) is 12.4 Å². The SMILES string of the molecule is NCC1(CC(=O)NC2CCCN(c3ncccn3)C2)CCCCC1. The van der Waals surface area contributed by atoms with E-state index in [1.807, 2.05) is 6.07 Å². The molecule has 1 aromatic rings. The van der Waals surface area contributed by atoms with Crippen molar-refractivity contribution >= 4 is 11.9 Å². The fourth-order valence-corrected chi connectivity index (χ4v) is 4.11. The van der Waals surface area contributed by atoms with Gasteiger partial charge in [0, 0.05) is 37.9 Å². The fourth-order valence-electron chi connectivity index (χ4n) is 4.11. The molecule has 0 aromatic carbocycles. The summed E-state index contributed by atoms with van der Waals surface area (Å²) in [6, 6.07) is 2.00. The normalized spacial score (nSPS) is 23.7. The topological polar surface area (TPSA) is 84.1 Å². The summed E-state index contributed by atoms with van der Waals surface area (Å²) in [5.41, 5.74) is 6.04. The molecule has 3 rings (SSSR count). The van der Waals surface area contributed by atoms with Crippen LogP contribution in [0.5, 0.6) is 0 Å². The zero-order valence-electron chi connectivity index (χ0n) is 14.4. The number of carbonyl (C=O) groups excluding carboxylic acids is 1. The Morgan fingerprint density at radius 3 is 2.71 bits per heavy atom. The summed E-state index contributed by atoms with van der Waals surface area (Å²) in [5, 5.41) is 3.23. The van der Waals surface area contributed by atoms with Gasteiger partial charge >= 0.3 is 0 Å². The minimum atomic E-state index is 0.0270. The van der Waals surface area contributed by atoms with E-state index >= 15 is 0 Å². The third-order valence-electron chi connectivity index (χ3n) is 5.50. The second kappa shape index (κ2) is 7.92. The lowest BCUT2D eigenvalue weighted by atomic mass is 9.71. The van der Waals surface area contributed by atoms with Gasteiger partial charge in [0.05, 0.1) is 0 Å². The first-order valence-electron chi connectivity index (χ1n) is 9.22. The van der Waals surface area contributed by atoms with Gasteiger partial charge in [-0.05, 0) is 43.7 Å². The maximum Gasteiger partial charge on any atom is 0.225 e. The zero-order chi connectivity index (χ0) is 16.8. The van der Waals surface area contributed by atoms with Gasteiger partial charge in [0.2, 0.25) is 11.9 Å². The molecule has 1 saturated carbocycles. The molecule has 1 atom stereocenters. The second-order valence-corrected chi connectivity index (χ2v) is 7.34. The molecule has 1 amide bonds. The lowest BCUT2D eigenvalue weighted by Crippen LogP contribution is -2.49. The van der Waals surface area contributed by atoms with E-state index in [1.165, 1.54) is 19.3 Å². The standard InChI is InChI=1S/C18H29N5O/c19-14-18(7-2-1-3-8-18)12-16(24)22-15-6-4-11-23(13-15)17-20-9-5-10-21-17/h5,9-10,15H,1-4,6-8,11-14,19H2,(H,22,24). The minimum absolute atomic E-state index is 0.0270. The third kappa shape index (κ3) is 4.23. The Hall–Kier alpha value is -1.69. The second-order valence-electron chi connectivity index (χ2n) is 7.34. The molecule has 6 heteroatoms. The van der Waals surface area contributed by atoms with Crippen molar-refractivity contribution in [3.05, 3.63) is 18.5 Å². The van der Waals surface area contributed by atoms with Crippen LogP contribution in [0.3, 0.4) is 0 Å². The monoisotopic (exact) mass is 331 g/mol. The van der Waals surface area contributed by atoms with Gasteiger partial charge < -0.3 is 16.0 Å². The Morgan fingerprint density at radius 1 is 1.25 bits per heavy atom. The van der Waals surface area contributed by atoms with Crippen molar-refractivity contribution in [1.82, 2.24) is 15.3 Å². The third-order valence-corrected chi connectivity index (χ3v) is 5.50. The van der Waals surface area contributed by atoms with E-state index in [0.29, 0.717) is 13.0 Å². The van der Waals surface area contributed by atoms with Crippen LogP contribution >= 0.6 is 0 Å². The van der Waals surface area contributed by atoms with Gasteiger partial charge in [-0.2, -0.15) is 0 Å². The van der Waals surface area contributed by atoms with Crippen LogP contribution in [-0.4, -0.2) is 41.6 Å². The van der Waals surface area contributed by atoms with Crippen LogP contribution in [-0.2, 0) is 4.79 Å². The van der Waals surface area contributed by atoms with Crippen LogP contribution in [0, 0.1) is 5.41 Å². The maximum atomic E-state index is 12.6. The number of aromatic nitrogens is 2. The number of hydrogen-bond donors (Lipinski definition) is 2. The molecule has 0 bridgehead atoms. The van der Waals surface area contributed by atoms with Crippen LogP contribution in [0.4, 0.5) is 5.95 Å². The lowest BCUT2D eigenvalue weighted by molar-refractivity contribution is -0.124. The largest absolute Gasteiger partial charge is 0.352 e. The number of nitrogens with one attached hydrogen (secondary N) is 1. The molecule has 1 aromatic heterocycles. The van der Waals surface area contributed by atoms with Gasteiger partial charge in [0.1, 0.15) is 0 Å². The Kier molecular flexibility index (Phi) is 5.66. The number of anilines is 1. The molecule has 0 spiro atoms. The molecule has 132 valence electrons. The summed E-state index contributed by atoms with van der Waals surface area (Å²) in [5.74, 6) is 0.908. The molecule has 2 fully saturated rings. The molecule has 1 saturated heterocycles. The molecule has 24 heavy (non-hydrogen) atoms. The van der Waals surface area contributed by atoms with Gasteiger partial charge in [-0.25, -0.2) is 9.97 Å². The fraction of sp³-hybridized carbons (Fsp3) is 0.722. The highest BCUT2D eigenvalue weighted by atomic mass is 16.1. The van der Waals surface area contributed by atoms with Crippen molar-refractivity contribution in [2.24, 2.45) is 11.1 Å². The van der Waals surface area contributed by atoms with E-state index in [9.17, 15) is 4.79 Å². The van der Waals surface area contributed by atoms with Crippen molar-refractivity contribution in [2.75, 3.05) is 24.5 Å². The van der Waals surface area contributed by atoms with E-state index < -0.39 is 0 Å². The summed E-state index contributed by atoms with van der Waals surface area (Å²) in [7, 11) is 0. The van der Waals surface area contributed by atoms with E-state index in [-0.39, 0.29) is 17.4 Å². The molecular weight excluding hydrogens is 302 g/mol. The predicted octanol–water partition coefficient (Wildman–Crippen LogP) is 1.86. The Morgan fingerprint density at radius 2 is 2.00 bits per heavy atom. The smallest absolute Gasteiger partial charge is 0.225 e. The molecule has 3 N–H and O–H groups in total. The zero-order valence-corrected chi connectivity index (χ0v) is 14.4. The van der Waals surface area contributed by atoms with Gasteiger partial charge in [-0.1, -0.05) is 19.3 Å². The van der Waals surface area contributed by atoms with Crippen molar-refractivity contribution in [3.8, 4) is 0 Å². The number of nitrogens with zero attached hydrogens (tertiary/aromatic N) is 3. The highest BCUT2D eigenvalue weighted by Crippen LogP contribution is 2.38. The van der Waals surface area contributed by atoms with Gasteiger partial charge in [-0.15, -0.1) is 0 Å². The Bertz CT molecular complexity index is 529. The molecule has 2 heterocycles. The van der Waals surface area contributed by atoms with Gasteiger partial charge in [0.15, 0.2) is 0 Å². The van der Waals surface area contributed by atoms with Crippen molar-refractivity contribution in [2.45, 2.75) is 57.4 Å². The number of rotatable bonds is 5. The van der Waals surface area contributed by atoms with Crippen LogP contribution in [0.1, 0.15) is 51.4 Å². The first-order chi connectivity index (χ1) is 11.7. The minimum Gasteiger partial charge on any atom is -0.352 e. The maximum absolute atomic E-state index is 12.6. The van der Waals surface area contributed by atoms with E-state index in [2.05, 4.69) is 20.2 Å². The number of hydrogen-bond acceptors (Lipinski definition) is 5. The number of piperidine rings is 1.